The molecule has 1 saturated carbocycles. The van der Waals surface area contributed by atoms with Crippen LogP contribution in [0.5, 0.6) is 0 Å². The van der Waals surface area contributed by atoms with Gasteiger partial charge in [-0.3, -0.25) is 4.79 Å². The predicted molar refractivity (Wildman–Crippen MR) is 69.4 cm³/mol. The van der Waals surface area contributed by atoms with Gasteiger partial charge in [-0.25, -0.2) is 0 Å². The lowest BCUT2D eigenvalue weighted by Crippen LogP contribution is -2.39. The number of nitrogens with zero attached hydrogens (tertiary/aromatic N) is 1. The molecule has 94 valence electrons. The van der Waals surface area contributed by atoms with Crippen molar-refractivity contribution in [2.45, 2.75) is 18.4 Å². The fourth-order valence-corrected chi connectivity index (χ4v) is 2.30. The standard InChI is InChI=1S/C14H16N2O2/c1-16-8-11(10-4-2-3-5-12(10)16)13(18)15-14(9-17)6-7-14/h2-5,8,17H,6-7,9H2,1H3,(H,15,18). The van der Waals surface area contributed by atoms with Crippen molar-refractivity contribution in [2.75, 3.05) is 6.61 Å². The molecular formula is C14H16N2O2. The first-order chi connectivity index (χ1) is 8.65. The molecule has 1 aromatic carbocycles. The van der Waals surface area contributed by atoms with Crippen molar-refractivity contribution in [3.8, 4) is 0 Å². The third-order valence-electron chi connectivity index (χ3n) is 3.68. The van der Waals surface area contributed by atoms with E-state index in [1.54, 1.807) is 0 Å². The number of carbonyl (C=O) groups is 1. The molecule has 1 aliphatic rings. The van der Waals surface area contributed by atoms with Gasteiger partial charge < -0.3 is 15.0 Å². The van der Waals surface area contributed by atoms with Gasteiger partial charge in [0.1, 0.15) is 0 Å². The molecule has 4 heteroatoms. The van der Waals surface area contributed by atoms with Crippen LogP contribution in [0.4, 0.5) is 0 Å². The molecule has 18 heavy (non-hydrogen) atoms. The average molecular weight is 244 g/mol. The van der Waals surface area contributed by atoms with E-state index in [4.69, 9.17) is 0 Å². The lowest BCUT2D eigenvalue weighted by Gasteiger charge is -2.13. The van der Waals surface area contributed by atoms with Gasteiger partial charge in [0, 0.05) is 24.1 Å². The van der Waals surface area contributed by atoms with Crippen molar-refractivity contribution in [1.29, 1.82) is 0 Å². The lowest BCUT2D eigenvalue weighted by atomic mass is 10.1. The topological polar surface area (TPSA) is 54.3 Å². The SMILES string of the molecule is Cn1cc(C(=O)NC2(CO)CC2)c2ccccc21. The molecule has 1 amide bonds. The summed E-state index contributed by atoms with van der Waals surface area (Å²) in [5.41, 5.74) is 1.35. The number of amides is 1. The van der Waals surface area contributed by atoms with Crippen molar-refractivity contribution in [3.63, 3.8) is 0 Å². The Labute approximate surface area is 105 Å². The van der Waals surface area contributed by atoms with E-state index in [0.717, 1.165) is 23.7 Å². The maximum atomic E-state index is 12.3. The van der Waals surface area contributed by atoms with Gasteiger partial charge in [-0.2, -0.15) is 0 Å². The molecule has 0 bridgehead atoms. The summed E-state index contributed by atoms with van der Waals surface area (Å²) in [6, 6.07) is 7.83. The summed E-state index contributed by atoms with van der Waals surface area (Å²) in [5, 5.41) is 13.1. The third-order valence-corrected chi connectivity index (χ3v) is 3.68. The van der Waals surface area contributed by atoms with E-state index >= 15 is 0 Å². The fourth-order valence-electron chi connectivity index (χ4n) is 2.30. The predicted octanol–water partition coefficient (Wildman–Crippen LogP) is 1.43. The second-order valence-electron chi connectivity index (χ2n) is 5.06. The third kappa shape index (κ3) is 1.69. The Balaban J connectivity index is 1.97. The monoisotopic (exact) mass is 244 g/mol. The minimum Gasteiger partial charge on any atom is -0.394 e. The smallest absolute Gasteiger partial charge is 0.253 e. The highest BCUT2D eigenvalue weighted by Crippen LogP contribution is 2.35. The van der Waals surface area contributed by atoms with E-state index in [2.05, 4.69) is 5.32 Å². The fraction of sp³-hybridized carbons (Fsp3) is 0.357. The summed E-state index contributed by atoms with van der Waals surface area (Å²) in [6.45, 7) is 0.0174. The van der Waals surface area contributed by atoms with Crippen LogP contribution in [0.2, 0.25) is 0 Å². The zero-order valence-corrected chi connectivity index (χ0v) is 10.3. The number of fused-ring (bicyclic) bond motifs is 1. The van der Waals surface area contributed by atoms with Crippen LogP contribution in [0.15, 0.2) is 30.5 Å². The molecule has 0 spiro atoms. The zero-order chi connectivity index (χ0) is 12.8. The van der Waals surface area contributed by atoms with Crippen LogP contribution in [-0.2, 0) is 7.05 Å². The average Bonchev–Trinajstić information content (AvgIpc) is 3.08. The molecule has 0 radical (unpaired) electrons. The molecule has 0 aliphatic heterocycles. The molecule has 2 N–H and O–H groups in total. The van der Waals surface area contributed by atoms with Crippen LogP contribution >= 0.6 is 0 Å². The van der Waals surface area contributed by atoms with E-state index in [9.17, 15) is 9.90 Å². The molecule has 1 aliphatic carbocycles. The first kappa shape index (κ1) is 11.3. The van der Waals surface area contributed by atoms with Crippen molar-refractivity contribution >= 4 is 16.8 Å². The molecule has 1 heterocycles. The first-order valence-corrected chi connectivity index (χ1v) is 6.13. The van der Waals surface area contributed by atoms with Gasteiger partial charge in [0.2, 0.25) is 0 Å². The van der Waals surface area contributed by atoms with Gasteiger partial charge in [0.05, 0.1) is 17.7 Å². The van der Waals surface area contributed by atoms with E-state index in [1.807, 2.05) is 42.1 Å². The molecule has 2 aromatic rings. The van der Waals surface area contributed by atoms with E-state index < -0.39 is 0 Å². The van der Waals surface area contributed by atoms with Crippen molar-refractivity contribution < 1.29 is 9.90 Å². The highest BCUT2D eigenvalue weighted by atomic mass is 16.3. The summed E-state index contributed by atoms with van der Waals surface area (Å²) >= 11 is 0. The van der Waals surface area contributed by atoms with Gasteiger partial charge in [-0.15, -0.1) is 0 Å². The van der Waals surface area contributed by atoms with Crippen molar-refractivity contribution in [1.82, 2.24) is 9.88 Å². The van der Waals surface area contributed by atoms with Crippen LogP contribution < -0.4 is 5.32 Å². The number of hydrogen-bond donors (Lipinski definition) is 2. The maximum absolute atomic E-state index is 12.3. The normalized spacial score (nSPS) is 16.8. The number of hydrogen-bond acceptors (Lipinski definition) is 2. The summed E-state index contributed by atoms with van der Waals surface area (Å²) in [6.07, 6.45) is 3.56. The second kappa shape index (κ2) is 3.85. The summed E-state index contributed by atoms with van der Waals surface area (Å²) < 4.78 is 1.95. The van der Waals surface area contributed by atoms with E-state index in [-0.39, 0.29) is 18.1 Å². The number of benzene rings is 1. The molecule has 1 fully saturated rings. The number of aryl methyl sites for hydroxylation is 1. The van der Waals surface area contributed by atoms with Gasteiger partial charge in [-0.1, -0.05) is 18.2 Å². The Morgan fingerprint density at radius 3 is 2.83 bits per heavy atom. The molecule has 1 aromatic heterocycles. The number of aliphatic hydroxyl groups is 1. The molecule has 0 atom stereocenters. The summed E-state index contributed by atoms with van der Waals surface area (Å²) in [5.74, 6) is -0.0987. The van der Waals surface area contributed by atoms with Crippen LogP contribution in [-0.4, -0.2) is 27.7 Å². The second-order valence-corrected chi connectivity index (χ2v) is 5.06. The number of carbonyl (C=O) groups excluding carboxylic acids is 1. The van der Waals surface area contributed by atoms with Crippen molar-refractivity contribution in [2.24, 2.45) is 7.05 Å². The van der Waals surface area contributed by atoms with Crippen LogP contribution in [0, 0.1) is 0 Å². The largest absolute Gasteiger partial charge is 0.394 e. The number of para-hydroxylation sites is 1. The Morgan fingerprint density at radius 1 is 1.44 bits per heavy atom. The zero-order valence-electron chi connectivity index (χ0n) is 10.3. The van der Waals surface area contributed by atoms with Crippen LogP contribution in [0.3, 0.4) is 0 Å². The van der Waals surface area contributed by atoms with Gasteiger partial charge in [-0.05, 0) is 18.9 Å². The Kier molecular flexibility index (Phi) is 2.41. The molecule has 0 unspecified atom stereocenters. The number of nitrogens with one attached hydrogen (secondary N) is 1. The maximum Gasteiger partial charge on any atom is 0.253 e. The van der Waals surface area contributed by atoms with E-state index in [1.165, 1.54) is 0 Å². The lowest BCUT2D eigenvalue weighted by molar-refractivity contribution is 0.0908. The highest BCUT2D eigenvalue weighted by molar-refractivity contribution is 6.07. The molecular weight excluding hydrogens is 228 g/mol. The quantitative estimate of drug-likeness (QED) is 0.858. The number of aromatic nitrogens is 1. The molecule has 4 nitrogen and oxygen atoms in total. The Morgan fingerprint density at radius 2 is 2.17 bits per heavy atom. The minimum atomic E-state index is -0.367. The minimum absolute atomic E-state index is 0.0174. The molecule has 0 saturated heterocycles. The molecule has 3 rings (SSSR count). The van der Waals surface area contributed by atoms with Gasteiger partial charge in [0.25, 0.3) is 5.91 Å². The Bertz CT molecular complexity index is 611. The summed E-state index contributed by atoms with van der Waals surface area (Å²) in [4.78, 5) is 12.3. The highest BCUT2D eigenvalue weighted by Gasteiger charge is 2.43. The van der Waals surface area contributed by atoms with E-state index in [0.29, 0.717) is 5.56 Å². The Hall–Kier alpha value is -1.81. The van der Waals surface area contributed by atoms with Crippen LogP contribution in [0.1, 0.15) is 23.2 Å². The number of rotatable bonds is 3. The van der Waals surface area contributed by atoms with Crippen LogP contribution in [0.25, 0.3) is 10.9 Å². The van der Waals surface area contributed by atoms with Crippen molar-refractivity contribution in [3.05, 3.63) is 36.0 Å². The van der Waals surface area contributed by atoms with Gasteiger partial charge in [0.15, 0.2) is 0 Å². The summed E-state index contributed by atoms with van der Waals surface area (Å²) in [7, 11) is 1.93. The first-order valence-electron chi connectivity index (χ1n) is 6.13. The van der Waals surface area contributed by atoms with Gasteiger partial charge >= 0.3 is 0 Å². The number of aliphatic hydroxyl groups excluding tert-OH is 1.